The maximum atomic E-state index is 13.1. The zero-order chi connectivity index (χ0) is 20.8. The number of nitrogens with zero attached hydrogens (tertiary/aromatic N) is 2. The summed E-state index contributed by atoms with van der Waals surface area (Å²) in [5.74, 6) is -0.0953. The van der Waals surface area contributed by atoms with Crippen LogP contribution in [0.1, 0.15) is 20.3 Å². The van der Waals surface area contributed by atoms with Crippen LogP contribution >= 0.6 is 11.8 Å². The predicted molar refractivity (Wildman–Crippen MR) is 113 cm³/mol. The Morgan fingerprint density at radius 3 is 2.69 bits per heavy atom. The first-order chi connectivity index (χ1) is 14.0. The molecule has 2 aromatic rings. The molecule has 1 aliphatic heterocycles. The lowest BCUT2D eigenvalue weighted by Crippen LogP contribution is -2.33. The molecule has 1 fully saturated rings. The lowest BCUT2D eigenvalue weighted by atomic mass is 10.2. The van der Waals surface area contributed by atoms with Crippen LogP contribution in [-0.2, 0) is 9.59 Å². The molecular formula is C21H22FN3O3S. The molecule has 3 rings (SSSR count). The lowest BCUT2D eigenvalue weighted by Gasteiger charge is -2.13. The van der Waals surface area contributed by atoms with Crippen molar-refractivity contribution in [2.45, 2.75) is 25.5 Å². The van der Waals surface area contributed by atoms with Crippen LogP contribution in [0.2, 0.25) is 0 Å². The molecule has 2 amide bonds. The molecule has 1 aliphatic rings. The number of hydrogen-bond donors (Lipinski definition) is 1. The highest BCUT2D eigenvalue weighted by atomic mass is 32.2. The number of halogens is 1. The fraction of sp³-hybridized carbons (Fsp3) is 0.286. The number of amides is 2. The maximum absolute atomic E-state index is 13.1. The quantitative estimate of drug-likeness (QED) is 0.736. The number of anilines is 1. The van der Waals surface area contributed by atoms with Gasteiger partial charge in [-0.3, -0.25) is 14.5 Å². The summed E-state index contributed by atoms with van der Waals surface area (Å²) in [7, 11) is 0. The van der Waals surface area contributed by atoms with Crippen molar-refractivity contribution in [1.82, 2.24) is 4.90 Å². The Kier molecular flexibility index (Phi) is 6.87. The number of carbonyl (C=O) groups is 2. The van der Waals surface area contributed by atoms with Crippen LogP contribution < -0.4 is 10.1 Å². The van der Waals surface area contributed by atoms with Gasteiger partial charge in [-0.15, -0.1) is 0 Å². The van der Waals surface area contributed by atoms with Crippen LogP contribution in [0.4, 0.5) is 15.8 Å². The van der Waals surface area contributed by atoms with E-state index in [0.29, 0.717) is 35.4 Å². The van der Waals surface area contributed by atoms with Gasteiger partial charge in [0.15, 0.2) is 5.17 Å². The van der Waals surface area contributed by atoms with E-state index in [1.807, 2.05) is 19.9 Å². The van der Waals surface area contributed by atoms with E-state index in [4.69, 9.17) is 4.74 Å². The number of benzene rings is 2. The molecule has 0 aromatic heterocycles. The number of carbonyl (C=O) groups excluding carboxylic acids is 2. The first-order valence-corrected chi connectivity index (χ1v) is 10.2. The molecule has 2 aromatic carbocycles. The molecule has 0 saturated carbocycles. The third kappa shape index (κ3) is 5.35. The van der Waals surface area contributed by atoms with Crippen LogP contribution in [0.5, 0.6) is 5.75 Å². The summed E-state index contributed by atoms with van der Waals surface area (Å²) in [6.45, 7) is 4.72. The van der Waals surface area contributed by atoms with Crippen molar-refractivity contribution >= 4 is 40.1 Å². The molecule has 6 nitrogen and oxygen atoms in total. The zero-order valence-electron chi connectivity index (χ0n) is 16.2. The van der Waals surface area contributed by atoms with Crippen molar-refractivity contribution in [2.24, 2.45) is 4.99 Å². The molecule has 8 heteroatoms. The minimum Gasteiger partial charge on any atom is -0.494 e. The third-order valence-corrected chi connectivity index (χ3v) is 5.36. The van der Waals surface area contributed by atoms with Crippen molar-refractivity contribution in [1.29, 1.82) is 0 Å². The number of hydrogen-bond acceptors (Lipinski definition) is 5. The Labute approximate surface area is 173 Å². The van der Waals surface area contributed by atoms with E-state index >= 15 is 0 Å². The van der Waals surface area contributed by atoms with Crippen LogP contribution in [0.25, 0.3) is 0 Å². The molecule has 1 atom stereocenters. The Hall–Kier alpha value is -2.87. The van der Waals surface area contributed by atoms with Gasteiger partial charge in [-0.05, 0) is 50.2 Å². The Balaban J connectivity index is 1.67. The fourth-order valence-electron chi connectivity index (χ4n) is 2.85. The SMILES string of the molecule is CCOc1cccc(NC(=O)C[C@@H]2SC(=Nc3ccc(F)cc3)N(CC)C2=O)c1. The minimum absolute atomic E-state index is 0.0291. The van der Waals surface area contributed by atoms with Gasteiger partial charge in [0, 0.05) is 24.7 Å². The Morgan fingerprint density at radius 2 is 2.00 bits per heavy atom. The summed E-state index contributed by atoms with van der Waals surface area (Å²) in [5.41, 5.74) is 1.17. The van der Waals surface area contributed by atoms with Crippen LogP contribution in [0, 0.1) is 5.82 Å². The second-order valence-electron chi connectivity index (χ2n) is 6.27. The van der Waals surface area contributed by atoms with E-state index in [1.165, 1.54) is 23.9 Å². The van der Waals surface area contributed by atoms with Gasteiger partial charge < -0.3 is 10.1 Å². The molecule has 0 bridgehead atoms. The molecule has 1 saturated heterocycles. The summed E-state index contributed by atoms with van der Waals surface area (Å²) in [4.78, 5) is 31.1. The first-order valence-electron chi connectivity index (χ1n) is 9.35. The topological polar surface area (TPSA) is 71.0 Å². The smallest absolute Gasteiger partial charge is 0.242 e. The molecule has 0 aliphatic carbocycles. The lowest BCUT2D eigenvalue weighted by molar-refractivity contribution is -0.128. The average molecular weight is 415 g/mol. The Morgan fingerprint density at radius 1 is 1.24 bits per heavy atom. The van der Waals surface area contributed by atoms with E-state index in [9.17, 15) is 14.0 Å². The molecular weight excluding hydrogens is 393 g/mol. The molecule has 29 heavy (non-hydrogen) atoms. The van der Waals surface area contributed by atoms with Crippen LogP contribution in [0.15, 0.2) is 53.5 Å². The van der Waals surface area contributed by atoms with E-state index in [1.54, 1.807) is 35.2 Å². The molecule has 152 valence electrons. The highest BCUT2D eigenvalue weighted by Gasteiger charge is 2.38. The molecule has 0 spiro atoms. The minimum atomic E-state index is -0.552. The second-order valence-corrected chi connectivity index (χ2v) is 7.44. The highest BCUT2D eigenvalue weighted by Crippen LogP contribution is 2.31. The van der Waals surface area contributed by atoms with Crippen LogP contribution in [0.3, 0.4) is 0 Å². The summed E-state index contributed by atoms with van der Waals surface area (Å²) < 4.78 is 18.5. The van der Waals surface area contributed by atoms with Gasteiger partial charge in [0.1, 0.15) is 16.8 Å². The number of amidine groups is 1. The number of thioether (sulfide) groups is 1. The normalized spacial score (nSPS) is 17.6. The van der Waals surface area contributed by atoms with E-state index < -0.39 is 5.25 Å². The number of ether oxygens (including phenoxy) is 1. The van der Waals surface area contributed by atoms with Crippen molar-refractivity contribution in [3.8, 4) is 5.75 Å². The fourth-order valence-corrected chi connectivity index (χ4v) is 4.07. The Bertz CT molecular complexity index is 918. The summed E-state index contributed by atoms with van der Waals surface area (Å²) >= 11 is 1.25. The van der Waals surface area contributed by atoms with Gasteiger partial charge in [-0.25, -0.2) is 9.38 Å². The van der Waals surface area contributed by atoms with Gasteiger partial charge in [0.25, 0.3) is 0 Å². The first kappa shape index (κ1) is 20.9. The van der Waals surface area contributed by atoms with E-state index in [2.05, 4.69) is 10.3 Å². The van der Waals surface area contributed by atoms with Crippen molar-refractivity contribution in [3.05, 3.63) is 54.3 Å². The van der Waals surface area contributed by atoms with Crippen molar-refractivity contribution in [3.63, 3.8) is 0 Å². The van der Waals surface area contributed by atoms with E-state index in [0.717, 1.165) is 0 Å². The largest absolute Gasteiger partial charge is 0.494 e. The molecule has 0 unspecified atom stereocenters. The van der Waals surface area contributed by atoms with Gasteiger partial charge in [0.2, 0.25) is 11.8 Å². The average Bonchev–Trinajstić information content (AvgIpc) is 2.98. The maximum Gasteiger partial charge on any atom is 0.242 e. The van der Waals surface area contributed by atoms with Crippen LogP contribution in [-0.4, -0.2) is 40.3 Å². The summed E-state index contributed by atoms with van der Waals surface area (Å²) in [6, 6.07) is 12.8. The standard InChI is InChI=1S/C21H22FN3O3S/c1-3-25-20(27)18(29-21(25)24-15-10-8-14(22)9-11-15)13-19(26)23-16-6-5-7-17(12-16)28-4-2/h5-12,18H,3-4,13H2,1-2H3,(H,23,26)/t18-/m0/s1. The van der Waals surface area contributed by atoms with Gasteiger partial charge in [-0.2, -0.15) is 0 Å². The van der Waals surface area contributed by atoms with Gasteiger partial charge in [-0.1, -0.05) is 17.8 Å². The van der Waals surface area contributed by atoms with Gasteiger partial charge in [0.05, 0.1) is 12.3 Å². The van der Waals surface area contributed by atoms with E-state index in [-0.39, 0.29) is 24.1 Å². The molecule has 0 radical (unpaired) electrons. The number of aliphatic imine (C=N–C) groups is 1. The summed E-state index contributed by atoms with van der Waals surface area (Å²) in [5, 5.41) is 2.77. The molecule has 1 N–H and O–H groups in total. The number of nitrogens with one attached hydrogen (secondary N) is 1. The zero-order valence-corrected chi connectivity index (χ0v) is 17.0. The number of rotatable bonds is 7. The highest BCUT2D eigenvalue weighted by molar-refractivity contribution is 8.15. The second kappa shape index (κ2) is 9.56. The monoisotopic (exact) mass is 415 g/mol. The van der Waals surface area contributed by atoms with Crippen molar-refractivity contribution in [2.75, 3.05) is 18.5 Å². The third-order valence-electron chi connectivity index (χ3n) is 4.19. The van der Waals surface area contributed by atoms with Gasteiger partial charge >= 0.3 is 0 Å². The predicted octanol–water partition coefficient (Wildman–Crippen LogP) is 4.20. The molecule has 1 heterocycles. The summed E-state index contributed by atoms with van der Waals surface area (Å²) in [6.07, 6.45) is 0.0291. The van der Waals surface area contributed by atoms with Crippen molar-refractivity contribution < 1.29 is 18.7 Å².